The number of morpholine rings is 1. The molecule has 3 heterocycles. The Morgan fingerprint density at radius 3 is 2.48 bits per heavy atom. The number of hydrogen-bond donors (Lipinski definition) is 1. The summed E-state index contributed by atoms with van der Waals surface area (Å²) in [6, 6.07) is 16.1. The number of halogens is 1. The van der Waals surface area contributed by atoms with Gasteiger partial charge in [0.25, 0.3) is 5.56 Å². The third-order valence-electron chi connectivity index (χ3n) is 5.98. The summed E-state index contributed by atoms with van der Waals surface area (Å²) in [5.74, 6) is 0.604. The van der Waals surface area contributed by atoms with Crippen molar-refractivity contribution in [1.82, 2.24) is 14.9 Å². The van der Waals surface area contributed by atoms with Crippen molar-refractivity contribution in [3.05, 3.63) is 80.7 Å². The second-order valence-corrected chi connectivity index (χ2v) is 8.51. The molecule has 31 heavy (non-hydrogen) atoms. The van der Waals surface area contributed by atoms with E-state index >= 15 is 0 Å². The molecule has 1 aromatic heterocycles. The van der Waals surface area contributed by atoms with Gasteiger partial charge in [0, 0.05) is 55.4 Å². The molecule has 6 nitrogen and oxygen atoms in total. The van der Waals surface area contributed by atoms with Crippen LogP contribution in [0.15, 0.2) is 53.3 Å². The van der Waals surface area contributed by atoms with Crippen LogP contribution in [0.1, 0.15) is 16.8 Å². The van der Waals surface area contributed by atoms with Crippen LogP contribution in [0.3, 0.4) is 0 Å². The van der Waals surface area contributed by atoms with Gasteiger partial charge >= 0.3 is 0 Å². The topological polar surface area (TPSA) is 61.5 Å². The number of aromatic amines is 1. The molecule has 0 bridgehead atoms. The molecule has 160 valence electrons. The van der Waals surface area contributed by atoms with Crippen molar-refractivity contribution in [2.45, 2.75) is 19.5 Å². The fourth-order valence-electron chi connectivity index (χ4n) is 4.25. The van der Waals surface area contributed by atoms with Crippen molar-refractivity contribution in [1.29, 1.82) is 0 Å². The van der Waals surface area contributed by atoms with E-state index in [1.807, 2.05) is 24.3 Å². The molecule has 3 aromatic rings. The van der Waals surface area contributed by atoms with E-state index < -0.39 is 0 Å². The molecule has 0 amide bonds. The van der Waals surface area contributed by atoms with E-state index in [2.05, 4.69) is 39.0 Å². The predicted octanol–water partition coefficient (Wildman–Crippen LogP) is 3.49. The lowest BCUT2D eigenvalue weighted by atomic mass is 10.1. The smallest absolute Gasteiger partial charge is 0.255 e. The molecular weight excluding hydrogens is 412 g/mol. The van der Waals surface area contributed by atoms with Crippen molar-refractivity contribution in [2.24, 2.45) is 0 Å². The van der Waals surface area contributed by atoms with Gasteiger partial charge in [-0.3, -0.25) is 9.69 Å². The molecule has 0 unspecified atom stereocenters. The van der Waals surface area contributed by atoms with E-state index in [9.17, 15) is 4.79 Å². The van der Waals surface area contributed by atoms with Crippen LogP contribution in [-0.4, -0.2) is 47.7 Å². The molecular formula is C24H25ClN4O2. The molecule has 0 saturated carbocycles. The Morgan fingerprint density at radius 2 is 1.74 bits per heavy atom. The minimum absolute atomic E-state index is 0.0534. The average molecular weight is 437 g/mol. The molecule has 1 N–H and O–H groups in total. The third-order valence-corrected chi connectivity index (χ3v) is 6.24. The van der Waals surface area contributed by atoms with E-state index in [1.165, 1.54) is 11.3 Å². The number of anilines is 1. The van der Waals surface area contributed by atoms with Gasteiger partial charge in [0.2, 0.25) is 0 Å². The van der Waals surface area contributed by atoms with Gasteiger partial charge in [-0.05, 0) is 42.0 Å². The fourth-order valence-corrected chi connectivity index (χ4v) is 4.38. The summed E-state index contributed by atoms with van der Waals surface area (Å²) in [5.41, 5.74) is 4.98. The summed E-state index contributed by atoms with van der Waals surface area (Å²) in [4.78, 5) is 25.1. The largest absolute Gasteiger partial charge is 0.378 e. The summed E-state index contributed by atoms with van der Waals surface area (Å²) in [7, 11) is 0. The lowest BCUT2D eigenvalue weighted by Gasteiger charge is -2.30. The normalized spacial score (nSPS) is 16.9. The lowest BCUT2D eigenvalue weighted by molar-refractivity contribution is 0.122. The van der Waals surface area contributed by atoms with Crippen molar-refractivity contribution >= 4 is 17.3 Å². The van der Waals surface area contributed by atoms with Crippen LogP contribution in [0.2, 0.25) is 5.02 Å². The molecule has 0 aliphatic carbocycles. The second kappa shape index (κ2) is 8.83. The highest BCUT2D eigenvalue weighted by Gasteiger charge is 2.22. The van der Waals surface area contributed by atoms with Gasteiger partial charge in [0.05, 0.1) is 24.5 Å². The molecule has 2 aromatic carbocycles. The Balaban J connectivity index is 1.28. The first-order valence-electron chi connectivity index (χ1n) is 10.7. The molecule has 2 aliphatic rings. The Morgan fingerprint density at radius 1 is 1.00 bits per heavy atom. The van der Waals surface area contributed by atoms with Gasteiger partial charge in [-0.1, -0.05) is 23.7 Å². The number of fused-ring (bicyclic) bond motifs is 1. The standard InChI is InChI=1S/C24H25ClN4O2/c25-19-5-3-18(4-6-19)23-26-22-9-10-28(16-21(22)24(30)27-23)15-17-1-7-20(8-2-17)29-11-13-31-14-12-29/h1-8H,9-16H2,(H,26,27,30). The maximum atomic E-state index is 12.8. The summed E-state index contributed by atoms with van der Waals surface area (Å²) >= 11 is 5.97. The van der Waals surface area contributed by atoms with E-state index in [-0.39, 0.29) is 5.56 Å². The predicted molar refractivity (Wildman–Crippen MR) is 123 cm³/mol. The Bertz CT molecular complexity index is 1110. The Labute approximate surface area is 186 Å². The molecule has 5 rings (SSSR count). The van der Waals surface area contributed by atoms with Crippen LogP contribution in [0, 0.1) is 0 Å². The molecule has 7 heteroatoms. The zero-order chi connectivity index (χ0) is 21.2. The van der Waals surface area contributed by atoms with E-state index in [1.54, 1.807) is 0 Å². The number of H-pyrrole nitrogens is 1. The zero-order valence-electron chi connectivity index (χ0n) is 17.3. The van der Waals surface area contributed by atoms with Crippen LogP contribution < -0.4 is 10.5 Å². The Hall–Kier alpha value is -2.67. The van der Waals surface area contributed by atoms with Crippen LogP contribution in [-0.2, 0) is 24.2 Å². The number of benzene rings is 2. The molecule has 1 saturated heterocycles. The molecule has 0 spiro atoms. The van der Waals surface area contributed by atoms with Gasteiger partial charge in [0.15, 0.2) is 0 Å². The summed E-state index contributed by atoms with van der Waals surface area (Å²) in [5, 5.41) is 0.665. The summed E-state index contributed by atoms with van der Waals surface area (Å²) in [6.45, 7) is 5.78. The van der Waals surface area contributed by atoms with Gasteiger partial charge in [-0.2, -0.15) is 0 Å². The minimum atomic E-state index is -0.0534. The minimum Gasteiger partial charge on any atom is -0.378 e. The van der Waals surface area contributed by atoms with E-state index in [4.69, 9.17) is 21.3 Å². The quantitative estimate of drug-likeness (QED) is 0.678. The van der Waals surface area contributed by atoms with Crippen molar-refractivity contribution < 1.29 is 4.74 Å². The number of rotatable bonds is 4. The first-order valence-corrected chi connectivity index (χ1v) is 11.1. The van der Waals surface area contributed by atoms with Gasteiger partial charge in [0.1, 0.15) is 5.82 Å². The molecule has 1 fully saturated rings. The van der Waals surface area contributed by atoms with Crippen LogP contribution in [0.4, 0.5) is 5.69 Å². The zero-order valence-corrected chi connectivity index (χ0v) is 18.1. The lowest BCUT2D eigenvalue weighted by Crippen LogP contribution is -2.36. The highest BCUT2D eigenvalue weighted by Crippen LogP contribution is 2.22. The Kier molecular flexibility index (Phi) is 5.76. The SMILES string of the molecule is O=c1[nH]c(-c2ccc(Cl)cc2)nc2c1CN(Cc1ccc(N3CCOCC3)cc1)CC2. The summed E-state index contributed by atoms with van der Waals surface area (Å²) in [6.07, 6.45) is 0.770. The molecule has 0 radical (unpaired) electrons. The molecule has 0 atom stereocenters. The number of aromatic nitrogens is 2. The number of nitrogens with one attached hydrogen (secondary N) is 1. The van der Waals surface area contributed by atoms with Crippen LogP contribution in [0.25, 0.3) is 11.4 Å². The van der Waals surface area contributed by atoms with E-state index in [0.29, 0.717) is 17.4 Å². The van der Waals surface area contributed by atoms with Crippen LogP contribution in [0.5, 0.6) is 0 Å². The van der Waals surface area contributed by atoms with Crippen molar-refractivity contribution in [3.63, 3.8) is 0 Å². The highest BCUT2D eigenvalue weighted by molar-refractivity contribution is 6.30. The average Bonchev–Trinajstić information content (AvgIpc) is 2.81. The summed E-state index contributed by atoms with van der Waals surface area (Å²) < 4.78 is 5.43. The van der Waals surface area contributed by atoms with Gasteiger partial charge < -0.3 is 14.6 Å². The molecule has 2 aliphatic heterocycles. The van der Waals surface area contributed by atoms with E-state index in [0.717, 1.165) is 62.6 Å². The first kappa shape index (κ1) is 20.2. The maximum Gasteiger partial charge on any atom is 0.255 e. The van der Waals surface area contributed by atoms with Crippen molar-refractivity contribution in [3.8, 4) is 11.4 Å². The number of ether oxygens (including phenoxy) is 1. The fraction of sp³-hybridized carbons (Fsp3) is 0.333. The second-order valence-electron chi connectivity index (χ2n) is 8.07. The third kappa shape index (κ3) is 4.51. The monoisotopic (exact) mass is 436 g/mol. The number of nitrogens with zero attached hydrogens (tertiary/aromatic N) is 3. The first-order chi connectivity index (χ1) is 15.2. The van der Waals surface area contributed by atoms with Crippen LogP contribution >= 0.6 is 11.6 Å². The highest BCUT2D eigenvalue weighted by atomic mass is 35.5. The maximum absolute atomic E-state index is 12.8. The number of hydrogen-bond acceptors (Lipinski definition) is 5. The van der Waals surface area contributed by atoms with Gasteiger partial charge in [-0.15, -0.1) is 0 Å². The van der Waals surface area contributed by atoms with Gasteiger partial charge in [-0.25, -0.2) is 4.98 Å². The van der Waals surface area contributed by atoms with Crippen molar-refractivity contribution in [2.75, 3.05) is 37.7 Å².